The number of sulfonamides is 1. The molecule has 55 heavy (non-hydrogen) atoms. The minimum Gasteiger partial charge on any atom is -0.497 e. The lowest BCUT2D eigenvalue weighted by Crippen LogP contribution is -2.60. The minimum atomic E-state index is -3.91. The van der Waals surface area contributed by atoms with Gasteiger partial charge in [-0.25, -0.2) is 18.2 Å². The molecule has 0 bridgehead atoms. The number of nitrogens with zero attached hydrogens (tertiary/aromatic N) is 5. The molecular weight excluding hydrogens is 749 g/mol. The minimum absolute atomic E-state index is 0.0168. The molecule has 4 fully saturated rings. The quantitative estimate of drug-likeness (QED) is 0.214. The van der Waals surface area contributed by atoms with Gasteiger partial charge in [0, 0.05) is 36.0 Å². The molecule has 3 aliphatic carbocycles. The second kappa shape index (κ2) is 14.7. The molecule has 294 valence electrons. The van der Waals surface area contributed by atoms with Crippen molar-refractivity contribution in [3.05, 3.63) is 48.5 Å². The van der Waals surface area contributed by atoms with E-state index in [1.165, 1.54) is 27.1 Å². The molecule has 4 amide bonds. The van der Waals surface area contributed by atoms with Crippen LogP contribution in [0.4, 0.5) is 4.79 Å². The number of hydrogen-bond donors (Lipinski definition) is 3. The van der Waals surface area contributed by atoms with Crippen molar-refractivity contribution >= 4 is 45.2 Å². The van der Waals surface area contributed by atoms with E-state index in [-0.39, 0.29) is 25.5 Å². The molecule has 3 aromatic rings. The lowest BCUT2D eigenvalue weighted by molar-refractivity contribution is -0.142. The zero-order valence-corrected chi connectivity index (χ0v) is 32.8. The van der Waals surface area contributed by atoms with Gasteiger partial charge in [0.25, 0.3) is 5.91 Å². The number of thiazole rings is 1. The van der Waals surface area contributed by atoms with Crippen LogP contribution >= 0.6 is 11.3 Å². The van der Waals surface area contributed by atoms with Gasteiger partial charge in [-0.1, -0.05) is 26.8 Å². The van der Waals surface area contributed by atoms with Gasteiger partial charge in [0.15, 0.2) is 0 Å². The Balaban J connectivity index is 1.21. The van der Waals surface area contributed by atoms with Gasteiger partial charge in [-0.05, 0) is 68.2 Å². The number of hydrogen-bond acceptors (Lipinski definition) is 12. The molecule has 0 spiro atoms. The van der Waals surface area contributed by atoms with Crippen LogP contribution in [0.5, 0.6) is 5.75 Å². The van der Waals surface area contributed by atoms with Crippen LogP contribution in [0.15, 0.2) is 48.5 Å². The predicted molar refractivity (Wildman–Crippen MR) is 202 cm³/mol. The van der Waals surface area contributed by atoms with E-state index >= 15 is 0 Å². The SMILES string of the molecule is C=C[C@@H]1C[C@@]1(NC(=O)[C@@H]1C[C@@H](n2nc(-c3ccc(OC)cc3)c(-c3nccs3)n2)CN1C(=O)[C@H](NC(=O)OC1CCC1)C(C)(C)C)C(=O)NS(=O)(=O)C1CC1. The number of nitrogens with one attached hydrogen (secondary N) is 3. The number of methoxy groups -OCH3 is 1. The van der Waals surface area contributed by atoms with Crippen LogP contribution in [-0.2, 0) is 29.1 Å². The second-order valence-corrected chi connectivity index (χ2v) is 18.6. The molecule has 5 atom stereocenters. The van der Waals surface area contributed by atoms with Gasteiger partial charge in [-0.2, -0.15) is 9.90 Å². The number of carbonyl (C=O) groups excluding carboxylic acids is 4. The first-order chi connectivity index (χ1) is 26.1. The van der Waals surface area contributed by atoms with E-state index in [4.69, 9.17) is 19.7 Å². The summed E-state index contributed by atoms with van der Waals surface area (Å²) in [5.74, 6) is -1.90. The number of aromatic nitrogens is 4. The van der Waals surface area contributed by atoms with Gasteiger partial charge in [-0.15, -0.1) is 23.0 Å². The fourth-order valence-electron chi connectivity index (χ4n) is 7.01. The second-order valence-electron chi connectivity index (χ2n) is 15.8. The summed E-state index contributed by atoms with van der Waals surface area (Å²) in [5, 5.41) is 17.1. The lowest BCUT2D eigenvalue weighted by Gasteiger charge is -2.36. The van der Waals surface area contributed by atoms with Gasteiger partial charge in [0.05, 0.1) is 18.4 Å². The third kappa shape index (κ3) is 7.83. The maximum Gasteiger partial charge on any atom is 0.408 e. The van der Waals surface area contributed by atoms with Crippen LogP contribution in [0.2, 0.25) is 0 Å². The van der Waals surface area contributed by atoms with Crippen LogP contribution in [0, 0.1) is 11.3 Å². The Bertz CT molecular complexity index is 2070. The Morgan fingerprint density at radius 1 is 1.07 bits per heavy atom. The van der Waals surface area contributed by atoms with Crippen molar-refractivity contribution in [3.63, 3.8) is 0 Å². The molecule has 16 nitrogen and oxygen atoms in total. The van der Waals surface area contributed by atoms with E-state index in [0.29, 0.717) is 35.0 Å². The number of carbonyl (C=O) groups is 4. The van der Waals surface area contributed by atoms with Crippen LogP contribution in [0.1, 0.15) is 71.8 Å². The van der Waals surface area contributed by atoms with Crippen LogP contribution in [0.25, 0.3) is 22.0 Å². The molecule has 0 unspecified atom stereocenters. The van der Waals surface area contributed by atoms with Crippen LogP contribution in [-0.4, -0.2) is 99.7 Å². The Morgan fingerprint density at radius 2 is 1.78 bits per heavy atom. The third-order valence-electron chi connectivity index (χ3n) is 10.8. The molecule has 1 aromatic carbocycles. The molecule has 1 saturated heterocycles. The highest BCUT2D eigenvalue weighted by atomic mass is 32.2. The fourth-order valence-corrected chi connectivity index (χ4v) is 9.00. The Morgan fingerprint density at radius 3 is 2.35 bits per heavy atom. The zero-order valence-electron chi connectivity index (χ0n) is 31.2. The maximum atomic E-state index is 14.7. The van der Waals surface area contributed by atoms with E-state index < -0.39 is 74.1 Å². The topological polar surface area (TPSA) is 204 Å². The molecule has 3 N–H and O–H groups in total. The summed E-state index contributed by atoms with van der Waals surface area (Å²) in [6, 6.07) is 4.46. The first-order valence-corrected chi connectivity index (χ1v) is 20.9. The molecule has 4 aliphatic rings. The highest BCUT2D eigenvalue weighted by Gasteiger charge is 2.62. The van der Waals surface area contributed by atoms with E-state index in [1.807, 2.05) is 29.6 Å². The van der Waals surface area contributed by atoms with Gasteiger partial charge >= 0.3 is 6.09 Å². The Hall–Kier alpha value is -4.84. The summed E-state index contributed by atoms with van der Waals surface area (Å²) in [6.07, 6.45) is 5.78. The summed E-state index contributed by atoms with van der Waals surface area (Å²) in [7, 11) is -2.33. The number of amides is 4. The van der Waals surface area contributed by atoms with Gasteiger partial charge < -0.3 is 25.0 Å². The Kier molecular flexibility index (Phi) is 10.3. The average molecular weight is 795 g/mol. The zero-order chi connectivity index (χ0) is 39.3. The molecular formula is C37H46N8O8S2. The van der Waals surface area contributed by atoms with Crippen molar-refractivity contribution in [2.75, 3.05) is 13.7 Å². The average Bonchev–Trinajstić information content (AvgIpc) is 3.90. The lowest BCUT2D eigenvalue weighted by atomic mass is 9.85. The predicted octanol–water partition coefficient (Wildman–Crippen LogP) is 3.58. The Labute approximate surface area is 323 Å². The smallest absolute Gasteiger partial charge is 0.408 e. The van der Waals surface area contributed by atoms with Gasteiger partial charge in [-0.3, -0.25) is 19.1 Å². The van der Waals surface area contributed by atoms with E-state index in [0.717, 1.165) is 24.8 Å². The summed E-state index contributed by atoms with van der Waals surface area (Å²) in [5.41, 5.74) is -0.571. The normalized spacial score (nSPS) is 24.3. The summed E-state index contributed by atoms with van der Waals surface area (Å²) >= 11 is 1.39. The molecule has 0 radical (unpaired) electrons. The number of likely N-dealkylation sites (tertiary alicyclic amines) is 1. The van der Waals surface area contributed by atoms with Crippen molar-refractivity contribution in [1.82, 2.24) is 40.2 Å². The van der Waals surface area contributed by atoms with Crippen LogP contribution < -0.4 is 20.1 Å². The third-order valence-corrected chi connectivity index (χ3v) is 13.4. The number of ether oxygens (including phenoxy) is 2. The van der Waals surface area contributed by atoms with E-state index in [9.17, 15) is 27.6 Å². The first-order valence-electron chi connectivity index (χ1n) is 18.4. The first kappa shape index (κ1) is 38.4. The van der Waals surface area contributed by atoms with Crippen molar-refractivity contribution in [1.29, 1.82) is 0 Å². The molecule has 1 aliphatic heterocycles. The van der Waals surface area contributed by atoms with E-state index in [2.05, 4.69) is 26.9 Å². The highest BCUT2D eigenvalue weighted by Crippen LogP contribution is 2.46. The van der Waals surface area contributed by atoms with Crippen molar-refractivity contribution in [3.8, 4) is 27.7 Å². The maximum absolute atomic E-state index is 14.7. The molecule has 18 heteroatoms. The standard InChI is InChI=1S/C37H46N8O8S2/c1-6-22-19-37(22,34(48)43-55(50,51)26-14-15-26)40-31(46)27-18-23(20-44(27)33(47)30(36(2,3)4)39-35(49)53-25-8-7-9-25)45-41-28(21-10-12-24(52-5)13-11-21)29(42-45)32-38-16-17-54-32/h6,10-13,16-17,22-23,25-27,30H,1,7-9,14-15,18-20H2,2-5H3,(H,39,49)(H,40,46)(H,43,48)/t22-,23-,27+,30+,37+/m1/s1. The van der Waals surface area contributed by atoms with Crippen molar-refractivity contribution < 1.29 is 37.1 Å². The molecule has 7 rings (SSSR count). The molecule has 2 aromatic heterocycles. The highest BCUT2D eigenvalue weighted by molar-refractivity contribution is 7.91. The molecule has 3 heterocycles. The van der Waals surface area contributed by atoms with Crippen LogP contribution in [0.3, 0.4) is 0 Å². The summed E-state index contributed by atoms with van der Waals surface area (Å²) in [4.78, 5) is 63.1. The number of benzene rings is 1. The van der Waals surface area contributed by atoms with E-state index in [1.54, 1.807) is 34.1 Å². The fraction of sp³-hybridized carbons (Fsp3) is 0.541. The monoisotopic (exact) mass is 794 g/mol. The summed E-state index contributed by atoms with van der Waals surface area (Å²) < 4.78 is 38.6. The van der Waals surface area contributed by atoms with Crippen molar-refractivity contribution in [2.45, 2.75) is 101 Å². The largest absolute Gasteiger partial charge is 0.497 e. The van der Waals surface area contributed by atoms with Gasteiger partial charge in [0.2, 0.25) is 21.8 Å². The number of alkyl carbamates (subject to hydrolysis) is 1. The van der Waals surface area contributed by atoms with Crippen molar-refractivity contribution in [2.24, 2.45) is 11.3 Å². The molecule has 3 saturated carbocycles. The number of rotatable bonds is 13. The van der Waals surface area contributed by atoms with Gasteiger partial charge in [0.1, 0.15) is 45.9 Å². The summed E-state index contributed by atoms with van der Waals surface area (Å²) in [6.45, 7) is 9.18.